The Bertz CT molecular complexity index is 3130. The maximum atomic E-state index is 2.48. The minimum absolute atomic E-state index is 0.418. The van der Waals surface area contributed by atoms with Crippen molar-refractivity contribution in [2.45, 2.75) is 5.41 Å². The van der Waals surface area contributed by atoms with Crippen LogP contribution in [0, 0.1) is 0 Å². The van der Waals surface area contributed by atoms with Gasteiger partial charge in [0, 0.05) is 37.2 Å². The smallest absolute Gasteiger partial charge is 0.0726 e. The molecular weight excluding hydrogens is 707 g/mol. The third-order valence-corrected chi connectivity index (χ3v) is 13.4. The lowest BCUT2D eigenvalue weighted by Crippen LogP contribution is -2.26. The molecule has 0 unspecified atom stereocenters. The number of rotatable bonds is 5. The molecule has 9 aromatic carbocycles. The van der Waals surface area contributed by atoms with Crippen LogP contribution < -0.4 is 4.90 Å². The fourth-order valence-corrected chi connectivity index (χ4v) is 10.9. The van der Waals surface area contributed by atoms with Gasteiger partial charge in [0.1, 0.15) is 0 Å². The van der Waals surface area contributed by atoms with Crippen LogP contribution in [-0.2, 0) is 5.41 Å². The second kappa shape index (κ2) is 12.5. The molecule has 0 amide bonds. The maximum absolute atomic E-state index is 2.48. The van der Waals surface area contributed by atoms with E-state index >= 15 is 0 Å². The van der Waals surface area contributed by atoms with E-state index in [1.54, 1.807) is 0 Å². The number of hydrogen-bond acceptors (Lipinski definition) is 2. The normalized spacial score (nSPS) is 13.1. The molecule has 2 heteroatoms. The molecule has 0 radical (unpaired) electrons. The number of hydrogen-bond donors (Lipinski definition) is 0. The van der Waals surface area contributed by atoms with Crippen molar-refractivity contribution in [1.29, 1.82) is 0 Å². The molecule has 1 nitrogen and oxygen atoms in total. The molecule has 1 aromatic heterocycles. The first-order valence-electron chi connectivity index (χ1n) is 19.7. The van der Waals surface area contributed by atoms with Gasteiger partial charge in [0.2, 0.25) is 0 Å². The van der Waals surface area contributed by atoms with E-state index < -0.39 is 5.41 Å². The fraction of sp³-hybridized carbons (Fsp3) is 0.0182. The summed E-state index contributed by atoms with van der Waals surface area (Å²) >= 11 is 1.86. The zero-order chi connectivity index (χ0) is 37.5. The SMILES string of the molecule is c1ccc(-c2ccc(N(c3cccc(-c4ccc5sc6ccccc6c5c4)c3)c3ccc4c(c3)C3(c5ccccc5-c5ccccc53)c3ccccc3-4)cc2)cc1. The lowest BCUT2D eigenvalue weighted by atomic mass is 9.70. The van der Waals surface area contributed by atoms with Crippen LogP contribution in [0.3, 0.4) is 0 Å². The van der Waals surface area contributed by atoms with Crippen molar-refractivity contribution in [2.75, 3.05) is 4.90 Å². The van der Waals surface area contributed by atoms with Gasteiger partial charge < -0.3 is 4.90 Å². The summed E-state index contributed by atoms with van der Waals surface area (Å²) in [5, 5.41) is 2.63. The number of thiophene rings is 1. The molecule has 0 fully saturated rings. The van der Waals surface area contributed by atoms with Crippen LogP contribution >= 0.6 is 11.3 Å². The molecule has 0 aliphatic heterocycles. The van der Waals surface area contributed by atoms with Crippen LogP contribution in [0.25, 0.3) is 64.7 Å². The van der Waals surface area contributed by atoms with Gasteiger partial charge in [0.25, 0.3) is 0 Å². The molecule has 0 N–H and O–H groups in total. The summed E-state index contributed by atoms with van der Waals surface area (Å²) in [6.07, 6.45) is 0. The van der Waals surface area contributed by atoms with Gasteiger partial charge >= 0.3 is 0 Å². The minimum atomic E-state index is -0.418. The van der Waals surface area contributed by atoms with Gasteiger partial charge in [0.15, 0.2) is 0 Å². The molecule has 2 aliphatic carbocycles. The van der Waals surface area contributed by atoms with Crippen molar-refractivity contribution in [1.82, 2.24) is 0 Å². The van der Waals surface area contributed by atoms with Gasteiger partial charge in [-0.05, 0) is 121 Å². The summed E-state index contributed by atoms with van der Waals surface area (Å²) in [5.41, 5.74) is 18.4. The standard InChI is InChI=1S/C55H35NS/c1-2-13-36(14-3-1)37-25-28-40(29-26-37)56(41-16-12-15-38(33-41)39-27-32-54-48(34-39)47-20-7-11-24-53(47)57-54)42-30-31-46-45-19-6-10-23-51(45)55(52(46)35-42)49-21-8-4-17-43(49)44-18-5-9-22-50(44)55/h1-35H. The zero-order valence-corrected chi connectivity index (χ0v) is 31.9. The van der Waals surface area contributed by atoms with E-state index in [9.17, 15) is 0 Å². The third-order valence-electron chi connectivity index (χ3n) is 12.3. The Labute approximate surface area is 336 Å². The summed E-state index contributed by atoms with van der Waals surface area (Å²) in [4.78, 5) is 2.44. The molecule has 10 aromatic rings. The number of fused-ring (bicyclic) bond motifs is 13. The molecule has 266 valence electrons. The van der Waals surface area contributed by atoms with Gasteiger partial charge in [-0.15, -0.1) is 11.3 Å². The largest absolute Gasteiger partial charge is 0.310 e. The summed E-state index contributed by atoms with van der Waals surface area (Å²) < 4.78 is 2.65. The predicted molar refractivity (Wildman–Crippen MR) is 241 cm³/mol. The van der Waals surface area contributed by atoms with Crippen molar-refractivity contribution in [3.63, 3.8) is 0 Å². The molecule has 1 heterocycles. The highest BCUT2D eigenvalue weighted by Crippen LogP contribution is 2.63. The predicted octanol–water partition coefficient (Wildman–Crippen LogP) is 15.2. The topological polar surface area (TPSA) is 3.24 Å². The van der Waals surface area contributed by atoms with Crippen molar-refractivity contribution >= 4 is 48.6 Å². The maximum Gasteiger partial charge on any atom is 0.0726 e. The summed E-state index contributed by atoms with van der Waals surface area (Å²) in [6.45, 7) is 0. The highest BCUT2D eigenvalue weighted by molar-refractivity contribution is 7.25. The molecule has 1 spiro atoms. The van der Waals surface area contributed by atoms with Crippen LogP contribution in [0.1, 0.15) is 22.3 Å². The monoisotopic (exact) mass is 741 g/mol. The molecule has 0 saturated heterocycles. The molecule has 12 rings (SSSR count). The highest BCUT2D eigenvalue weighted by Gasteiger charge is 2.51. The fourth-order valence-electron chi connectivity index (χ4n) is 9.83. The van der Waals surface area contributed by atoms with Gasteiger partial charge in [0.05, 0.1) is 5.41 Å². The summed E-state index contributed by atoms with van der Waals surface area (Å²) in [6, 6.07) is 78.8. The Morgan fingerprint density at radius 2 is 0.807 bits per heavy atom. The summed E-state index contributed by atoms with van der Waals surface area (Å²) in [7, 11) is 0. The Hall–Kier alpha value is -7.00. The van der Waals surface area contributed by atoms with E-state index in [0.29, 0.717) is 0 Å². The molecular formula is C55H35NS. The number of nitrogens with zero attached hydrogens (tertiary/aromatic N) is 1. The first-order chi connectivity index (χ1) is 28.3. The minimum Gasteiger partial charge on any atom is -0.310 e. The average molecular weight is 742 g/mol. The van der Waals surface area contributed by atoms with Gasteiger partial charge in [-0.2, -0.15) is 0 Å². The van der Waals surface area contributed by atoms with Crippen LogP contribution in [0.5, 0.6) is 0 Å². The van der Waals surface area contributed by atoms with Gasteiger partial charge in [-0.3, -0.25) is 0 Å². The van der Waals surface area contributed by atoms with Crippen LogP contribution in [0.2, 0.25) is 0 Å². The van der Waals surface area contributed by atoms with Crippen molar-refractivity contribution in [3.8, 4) is 44.5 Å². The molecule has 0 bridgehead atoms. The van der Waals surface area contributed by atoms with Crippen molar-refractivity contribution in [2.24, 2.45) is 0 Å². The van der Waals surface area contributed by atoms with Crippen LogP contribution in [0.4, 0.5) is 17.1 Å². The van der Waals surface area contributed by atoms with Gasteiger partial charge in [-0.1, -0.05) is 158 Å². The van der Waals surface area contributed by atoms with Crippen molar-refractivity contribution in [3.05, 3.63) is 235 Å². The van der Waals surface area contributed by atoms with E-state index in [1.807, 2.05) is 11.3 Å². The quantitative estimate of drug-likeness (QED) is 0.170. The van der Waals surface area contributed by atoms with E-state index in [1.165, 1.54) is 86.9 Å². The Morgan fingerprint density at radius 1 is 0.298 bits per heavy atom. The number of benzene rings is 9. The molecule has 2 aliphatic rings. The first-order valence-corrected chi connectivity index (χ1v) is 20.5. The van der Waals surface area contributed by atoms with E-state index in [2.05, 4.69) is 217 Å². The lowest BCUT2D eigenvalue weighted by Gasteiger charge is -2.32. The van der Waals surface area contributed by atoms with Crippen LogP contribution in [-0.4, -0.2) is 0 Å². The van der Waals surface area contributed by atoms with Gasteiger partial charge in [-0.25, -0.2) is 0 Å². The third kappa shape index (κ3) is 4.75. The second-order valence-corrected chi connectivity index (χ2v) is 16.3. The highest BCUT2D eigenvalue weighted by atomic mass is 32.1. The average Bonchev–Trinajstić information content (AvgIpc) is 3.91. The Balaban J connectivity index is 1.07. The van der Waals surface area contributed by atoms with Crippen LogP contribution in [0.15, 0.2) is 212 Å². The Morgan fingerprint density at radius 3 is 1.53 bits per heavy atom. The molecule has 0 atom stereocenters. The molecule has 0 saturated carbocycles. The number of anilines is 3. The van der Waals surface area contributed by atoms with E-state index in [4.69, 9.17) is 0 Å². The van der Waals surface area contributed by atoms with E-state index in [0.717, 1.165) is 17.1 Å². The summed E-state index contributed by atoms with van der Waals surface area (Å²) in [5.74, 6) is 0. The van der Waals surface area contributed by atoms with Crippen molar-refractivity contribution < 1.29 is 0 Å². The van der Waals surface area contributed by atoms with E-state index in [-0.39, 0.29) is 0 Å². The molecule has 57 heavy (non-hydrogen) atoms. The lowest BCUT2D eigenvalue weighted by molar-refractivity contribution is 0.793. The zero-order valence-electron chi connectivity index (χ0n) is 31.1. The second-order valence-electron chi connectivity index (χ2n) is 15.2. The first kappa shape index (κ1) is 32.3. The Kier molecular flexibility index (Phi) is 7.08.